The summed E-state index contributed by atoms with van der Waals surface area (Å²) in [5.41, 5.74) is 0.562. The lowest BCUT2D eigenvalue weighted by atomic mass is 9.95. The number of phenolic OH excluding ortho intramolecular Hbond substituents is 1. The molecule has 3 heterocycles. The van der Waals surface area contributed by atoms with Crippen molar-refractivity contribution in [2.75, 3.05) is 31.5 Å². The van der Waals surface area contributed by atoms with Gasteiger partial charge in [0.25, 0.3) is 11.8 Å². The molecule has 2 N–H and O–H groups in total. The maximum absolute atomic E-state index is 14.3. The Morgan fingerprint density at radius 2 is 1.70 bits per heavy atom. The van der Waals surface area contributed by atoms with Crippen LogP contribution in [0.1, 0.15) is 46.7 Å². The lowest BCUT2D eigenvalue weighted by Gasteiger charge is -2.33. The first kappa shape index (κ1) is 27.6. The molecule has 3 aromatic rings. The summed E-state index contributed by atoms with van der Waals surface area (Å²) in [5, 5.41) is 12.2. The van der Waals surface area contributed by atoms with Gasteiger partial charge in [0, 0.05) is 50.4 Å². The van der Waals surface area contributed by atoms with Crippen LogP contribution in [0.3, 0.4) is 0 Å². The Balaban J connectivity index is 1.23. The standard InChI is InChI=1S/C28H28ClF2N5O4/c1-34-21(19-6-7-22(37)24(31)23(19)30)15-32-25(34)26(38)33-17-4-5-18(20(29)14-17)28(40)36-12-8-16(9-13-36)27(39)35-10-2-3-11-35/h4-7,14-16,37H,2-3,8-13H2,1H3,(H,33,38). The number of phenols is 1. The van der Waals surface area contributed by atoms with Crippen molar-refractivity contribution in [1.29, 1.82) is 0 Å². The number of piperidine rings is 1. The Morgan fingerprint density at radius 3 is 2.38 bits per heavy atom. The topological polar surface area (TPSA) is 108 Å². The van der Waals surface area contributed by atoms with Crippen LogP contribution in [-0.2, 0) is 11.8 Å². The van der Waals surface area contributed by atoms with E-state index in [-0.39, 0.29) is 45.4 Å². The summed E-state index contributed by atoms with van der Waals surface area (Å²) in [4.78, 5) is 46.4. The van der Waals surface area contributed by atoms with Crippen LogP contribution in [0, 0.1) is 17.6 Å². The van der Waals surface area contributed by atoms with Crippen molar-refractivity contribution in [3.05, 3.63) is 64.6 Å². The second kappa shape index (κ2) is 11.2. The zero-order valence-electron chi connectivity index (χ0n) is 21.8. The third kappa shape index (κ3) is 5.25. The molecular formula is C28H28ClF2N5O4. The smallest absolute Gasteiger partial charge is 0.291 e. The quantitative estimate of drug-likeness (QED) is 0.470. The van der Waals surface area contributed by atoms with Crippen LogP contribution in [0.25, 0.3) is 11.3 Å². The van der Waals surface area contributed by atoms with Crippen LogP contribution in [0.2, 0.25) is 5.02 Å². The molecule has 0 unspecified atom stereocenters. The number of aromatic hydroxyl groups is 1. The van der Waals surface area contributed by atoms with Crippen molar-refractivity contribution < 1.29 is 28.3 Å². The molecule has 0 bridgehead atoms. The van der Waals surface area contributed by atoms with Gasteiger partial charge >= 0.3 is 0 Å². The summed E-state index contributed by atoms with van der Waals surface area (Å²) >= 11 is 6.42. The second-order valence-electron chi connectivity index (χ2n) is 10.0. The van der Waals surface area contributed by atoms with Gasteiger partial charge in [-0.1, -0.05) is 11.6 Å². The van der Waals surface area contributed by atoms with Crippen molar-refractivity contribution in [3.8, 4) is 17.0 Å². The number of likely N-dealkylation sites (tertiary alicyclic amines) is 2. The number of carbonyl (C=O) groups is 3. The summed E-state index contributed by atoms with van der Waals surface area (Å²) in [6.07, 6.45) is 4.53. The highest BCUT2D eigenvalue weighted by molar-refractivity contribution is 6.34. The summed E-state index contributed by atoms with van der Waals surface area (Å²) in [5.74, 6) is -4.31. The number of hydrogen-bond acceptors (Lipinski definition) is 5. The van der Waals surface area contributed by atoms with E-state index in [1.807, 2.05) is 4.90 Å². The maximum Gasteiger partial charge on any atom is 0.291 e. The molecule has 2 saturated heterocycles. The molecule has 0 atom stereocenters. The Bertz CT molecular complexity index is 1480. The fraction of sp³-hybridized carbons (Fsp3) is 0.357. The van der Waals surface area contributed by atoms with E-state index in [1.165, 1.54) is 36.0 Å². The van der Waals surface area contributed by atoms with E-state index in [1.54, 1.807) is 11.0 Å². The monoisotopic (exact) mass is 571 g/mol. The molecule has 2 fully saturated rings. The number of nitrogens with zero attached hydrogens (tertiary/aromatic N) is 4. The number of halogens is 3. The number of aromatic nitrogens is 2. The van der Waals surface area contributed by atoms with E-state index in [0.717, 1.165) is 32.0 Å². The highest BCUT2D eigenvalue weighted by atomic mass is 35.5. The molecular weight excluding hydrogens is 544 g/mol. The first-order valence-electron chi connectivity index (χ1n) is 13.0. The number of nitrogens with one attached hydrogen (secondary N) is 1. The van der Waals surface area contributed by atoms with Crippen LogP contribution < -0.4 is 5.32 Å². The van der Waals surface area contributed by atoms with Gasteiger partial charge in [-0.15, -0.1) is 0 Å². The third-order valence-corrected chi connectivity index (χ3v) is 7.85. The van der Waals surface area contributed by atoms with E-state index < -0.39 is 23.3 Å². The third-order valence-electron chi connectivity index (χ3n) is 7.54. The Kier molecular flexibility index (Phi) is 7.75. The lowest BCUT2D eigenvalue weighted by Crippen LogP contribution is -2.43. The van der Waals surface area contributed by atoms with Crippen LogP contribution in [0.4, 0.5) is 14.5 Å². The summed E-state index contributed by atoms with van der Waals surface area (Å²) < 4.78 is 29.5. The summed E-state index contributed by atoms with van der Waals surface area (Å²) in [6, 6.07) is 6.73. The largest absolute Gasteiger partial charge is 0.505 e. The molecule has 2 aliphatic heterocycles. The lowest BCUT2D eigenvalue weighted by molar-refractivity contribution is -0.135. The molecule has 0 radical (unpaired) electrons. The predicted molar refractivity (Wildman–Crippen MR) is 144 cm³/mol. The molecule has 1 aromatic heterocycles. The van der Waals surface area contributed by atoms with Crippen molar-refractivity contribution in [1.82, 2.24) is 19.4 Å². The SMILES string of the molecule is Cn1c(-c2ccc(O)c(F)c2F)cnc1C(=O)Nc1ccc(C(=O)N2CCC(C(=O)N3CCCC3)CC2)c(Cl)c1. The van der Waals surface area contributed by atoms with Gasteiger partial charge in [-0.25, -0.2) is 9.37 Å². The summed E-state index contributed by atoms with van der Waals surface area (Å²) in [6.45, 7) is 2.55. The Labute approximate surface area is 234 Å². The normalized spacial score (nSPS) is 15.9. The minimum Gasteiger partial charge on any atom is -0.505 e. The van der Waals surface area contributed by atoms with Crippen LogP contribution in [0.15, 0.2) is 36.5 Å². The Hall–Kier alpha value is -3.99. The maximum atomic E-state index is 14.3. The molecule has 3 amide bonds. The van der Waals surface area contributed by atoms with Crippen LogP contribution in [0.5, 0.6) is 5.75 Å². The zero-order valence-corrected chi connectivity index (χ0v) is 22.5. The fourth-order valence-electron chi connectivity index (χ4n) is 5.26. The van der Waals surface area contributed by atoms with Crippen LogP contribution >= 0.6 is 11.6 Å². The van der Waals surface area contributed by atoms with E-state index in [4.69, 9.17) is 11.6 Å². The number of anilines is 1. The first-order valence-corrected chi connectivity index (χ1v) is 13.4. The van der Waals surface area contributed by atoms with Crippen molar-refractivity contribution >= 4 is 35.0 Å². The first-order chi connectivity index (χ1) is 19.2. The van der Waals surface area contributed by atoms with Crippen LogP contribution in [-0.4, -0.2) is 68.4 Å². The molecule has 0 aliphatic carbocycles. The number of imidazole rings is 1. The van der Waals surface area contributed by atoms with Crippen molar-refractivity contribution in [3.63, 3.8) is 0 Å². The second-order valence-corrected chi connectivity index (χ2v) is 10.4. The molecule has 210 valence electrons. The summed E-state index contributed by atoms with van der Waals surface area (Å²) in [7, 11) is 1.47. The van der Waals surface area contributed by atoms with Gasteiger partial charge in [-0.05, 0) is 56.0 Å². The molecule has 0 saturated carbocycles. The number of amides is 3. The average molecular weight is 572 g/mol. The van der Waals surface area contributed by atoms with Gasteiger partial charge in [-0.2, -0.15) is 4.39 Å². The molecule has 9 nitrogen and oxygen atoms in total. The van der Waals surface area contributed by atoms with Gasteiger partial charge in [-0.3, -0.25) is 14.4 Å². The molecule has 5 rings (SSSR count). The van der Waals surface area contributed by atoms with E-state index >= 15 is 0 Å². The highest BCUT2D eigenvalue weighted by Gasteiger charge is 2.32. The molecule has 2 aliphatic rings. The van der Waals surface area contributed by atoms with Gasteiger partial charge in [0.2, 0.25) is 11.7 Å². The highest BCUT2D eigenvalue weighted by Crippen LogP contribution is 2.30. The van der Waals surface area contributed by atoms with Gasteiger partial charge < -0.3 is 24.8 Å². The Morgan fingerprint density at radius 1 is 1.00 bits per heavy atom. The number of carbonyl (C=O) groups excluding carboxylic acids is 3. The molecule has 0 spiro atoms. The minimum absolute atomic E-state index is 0.0635. The van der Waals surface area contributed by atoms with Gasteiger partial charge in [0.1, 0.15) is 0 Å². The van der Waals surface area contributed by atoms with Crippen molar-refractivity contribution in [2.24, 2.45) is 13.0 Å². The molecule has 2 aromatic carbocycles. The van der Waals surface area contributed by atoms with E-state index in [0.29, 0.717) is 31.6 Å². The van der Waals surface area contributed by atoms with Crippen molar-refractivity contribution in [2.45, 2.75) is 25.7 Å². The van der Waals surface area contributed by atoms with Gasteiger partial charge in [0.05, 0.1) is 22.5 Å². The number of benzene rings is 2. The van der Waals surface area contributed by atoms with E-state index in [2.05, 4.69) is 10.3 Å². The number of rotatable bonds is 5. The van der Waals surface area contributed by atoms with Gasteiger partial charge in [0.15, 0.2) is 17.4 Å². The minimum atomic E-state index is -1.39. The molecule has 12 heteroatoms. The average Bonchev–Trinajstić information content (AvgIpc) is 3.62. The fourth-order valence-corrected chi connectivity index (χ4v) is 5.52. The zero-order chi connectivity index (χ0) is 28.6. The molecule has 40 heavy (non-hydrogen) atoms. The number of hydrogen-bond donors (Lipinski definition) is 2. The predicted octanol–water partition coefficient (Wildman–Crippen LogP) is 4.45. The van der Waals surface area contributed by atoms with E-state index in [9.17, 15) is 28.3 Å².